The Morgan fingerprint density at radius 3 is 2.65 bits per heavy atom. The Balaban J connectivity index is 2.06. The van der Waals surface area contributed by atoms with Gasteiger partial charge >= 0.3 is 0 Å². The van der Waals surface area contributed by atoms with Crippen LogP contribution in [0.15, 0.2) is 0 Å². The molecule has 0 aromatic carbocycles. The van der Waals surface area contributed by atoms with Crippen molar-refractivity contribution in [3.05, 3.63) is 0 Å². The summed E-state index contributed by atoms with van der Waals surface area (Å²) < 4.78 is 0. The third-order valence-electron chi connectivity index (χ3n) is 4.31. The number of carbonyl (C=O) groups excluding carboxylic acids is 1. The molecule has 1 saturated heterocycles. The van der Waals surface area contributed by atoms with E-state index < -0.39 is 0 Å². The summed E-state index contributed by atoms with van der Waals surface area (Å²) in [6.07, 6.45) is 7.05. The highest BCUT2D eigenvalue weighted by molar-refractivity contribution is 5.84. The summed E-state index contributed by atoms with van der Waals surface area (Å²) in [5.41, 5.74) is 0. The lowest BCUT2D eigenvalue weighted by Gasteiger charge is -2.29. The predicted octanol–water partition coefficient (Wildman–Crippen LogP) is 2.51. The van der Waals surface area contributed by atoms with Crippen LogP contribution in [-0.2, 0) is 4.79 Å². The minimum absolute atomic E-state index is 0.0841. The number of hydrogen-bond acceptors (Lipinski definition) is 2. The molecule has 0 aromatic rings. The summed E-state index contributed by atoms with van der Waals surface area (Å²) in [5.74, 6) is 1.15. The van der Waals surface area contributed by atoms with Gasteiger partial charge in [0.25, 0.3) is 0 Å². The van der Waals surface area contributed by atoms with Crippen molar-refractivity contribution in [2.24, 2.45) is 5.92 Å². The molecule has 4 atom stereocenters. The van der Waals surface area contributed by atoms with Crippen LogP contribution in [0.2, 0.25) is 0 Å². The first-order valence-electron chi connectivity index (χ1n) is 7.25. The van der Waals surface area contributed by atoms with Crippen LogP contribution in [0, 0.1) is 5.92 Å². The Hall–Kier alpha value is -0.570. The standard InChI is InChI=1S/C14H26N2O/c1-4-6-12-14(17)16(13(5-2)15-12)11-8-7-10(3)9-11/h10-13,15H,4-9H2,1-3H3. The molecule has 1 heterocycles. The Labute approximate surface area is 105 Å². The molecule has 0 bridgehead atoms. The van der Waals surface area contributed by atoms with Crippen LogP contribution < -0.4 is 5.32 Å². The zero-order chi connectivity index (χ0) is 12.4. The van der Waals surface area contributed by atoms with E-state index >= 15 is 0 Å². The van der Waals surface area contributed by atoms with E-state index in [1.54, 1.807) is 0 Å². The Morgan fingerprint density at radius 2 is 2.12 bits per heavy atom. The molecule has 1 saturated carbocycles. The van der Waals surface area contributed by atoms with Gasteiger partial charge in [0.05, 0.1) is 12.2 Å². The second kappa shape index (κ2) is 5.38. The average Bonchev–Trinajstić information content (AvgIpc) is 2.84. The van der Waals surface area contributed by atoms with E-state index in [1.165, 1.54) is 19.3 Å². The summed E-state index contributed by atoms with van der Waals surface area (Å²) in [6, 6.07) is 0.581. The lowest BCUT2D eigenvalue weighted by molar-refractivity contribution is -0.132. The van der Waals surface area contributed by atoms with Gasteiger partial charge in [-0.3, -0.25) is 10.1 Å². The largest absolute Gasteiger partial charge is 0.323 e. The van der Waals surface area contributed by atoms with E-state index in [2.05, 4.69) is 31.0 Å². The van der Waals surface area contributed by atoms with Crippen LogP contribution in [-0.4, -0.2) is 29.1 Å². The minimum Gasteiger partial charge on any atom is -0.323 e. The molecule has 98 valence electrons. The molecule has 0 aromatic heterocycles. The van der Waals surface area contributed by atoms with E-state index in [4.69, 9.17) is 0 Å². The van der Waals surface area contributed by atoms with Crippen LogP contribution in [0.1, 0.15) is 59.3 Å². The van der Waals surface area contributed by atoms with Gasteiger partial charge in [0.2, 0.25) is 5.91 Å². The summed E-state index contributed by atoms with van der Waals surface area (Å²) in [5, 5.41) is 3.51. The molecule has 2 aliphatic rings. The second-order valence-electron chi connectivity index (χ2n) is 5.75. The Kier molecular flexibility index (Phi) is 4.08. The van der Waals surface area contributed by atoms with Gasteiger partial charge in [-0.05, 0) is 38.0 Å². The lowest BCUT2D eigenvalue weighted by atomic mass is 10.1. The molecular formula is C14H26N2O. The van der Waals surface area contributed by atoms with E-state index in [0.29, 0.717) is 11.9 Å². The number of carbonyl (C=O) groups is 1. The van der Waals surface area contributed by atoms with Gasteiger partial charge in [-0.15, -0.1) is 0 Å². The maximum absolute atomic E-state index is 12.4. The molecule has 2 rings (SSSR count). The smallest absolute Gasteiger partial charge is 0.241 e. The molecule has 1 N–H and O–H groups in total. The molecule has 3 nitrogen and oxygen atoms in total. The number of amides is 1. The number of nitrogens with one attached hydrogen (secondary N) is 1. The normalized spacial score (nSPS) is 38.1. The van der Waals surface area contributed by atoms with Gasteiger partial charge in [-0.25, -0.2) is 0 Å². The molecule has 0 spiro atoms. The zero-order valence-electron chi connectivity index (χ0n) is 11.4. The summed E-state index contributed by atoms with van der Waals surface area (Å²) in [6.45, 7) is 6.62. The van der Waals surface area contributed by atoms with Crippen LogP contribution in [0.25, 0.3) is 0 Å². The molecule has 1 aliphatic heterocycles. The number of nitrogens with zero attached hydrogens (tertiary/aromatic N) is 1. The first kappa shape index (κ1) is 12.9. The van der Waals surface area contributed by atoms with Crippen molar-refractivity contribution in [3.63, 3.8) is 0 Å². The summed E-state index contributed by atoms with van der Waals surface area (Å²) >= 11 is 0. The van der Waals surface area contributed by atoms with Gasteiger partial charge < -0.3 is 4.90 Å². The molecule has 1 amide bonds. The van der Waals surface area contributed by atoms with E-state index in [0.717, 1.165) is 25.2 Å². The molecule has 2 fully saturated rings. The lowest BCUT2D eigenvalue weighted by Crippen LogP contribution is -2.43. The van der Waals surface area contributed by atoms with Crippen LogP contribution in [0.3, 0.4) is 0 Å². The monoisotopic (exact) mass is 238 g/mol. The molecule has 1 aliphatic carbocycles. The number of hydrogen-bond donors (Lipinski definition) is 1. The van der Waals surface area contributed by atoms with Crippen LogP contribution >= 0.6 is 0 Å². The predicted molar refractivity (Wildman–Crippen MR) is 69.6 cm³/mol. The van der Waals surface area contributed by atoms with Crippen molar-refractivity contribution < 1.29 is 4.79 Å². The van der Waals surface area contributed by atoms with Crippen LogP contribution in [0.5, 0.6) is 0 Å². The topological polar surface area (TPSA) is 32.3 Å². The highest BCUT2D eigenvalue weighted by Crippen LogP contribution is 2.32. The zero-order valence-corrected chi connectivity index (χ0v) is 11.4. The fraction of sp³-hybridized carbons (Fsp3) is 0.929. The average molecular weight is 238 g/mol. The summed E-state index contributed by atoms with van der Waals surface area (Å²) in [7, 11) is 0. The van der Waals surface area contributed by atoms with Gasteiger partial charge in [0.15, 0.2) is 0 Å². The van der Waals surface area contributed by atoms with Crippen molar-refractivity contribution in [1.29, 1.82) is 0 Å². The Morgan fingerprint density at radius 1 is 1.35 bits per heavy atom. The molecule has 3 heteroatoms. The van der Waals surface area contributed by atoms with Gasteiger partial charge in [-0.2, -0.15) is 0 Å². The summed E-state index contributed by atoms with van der Waals surface area (Å²) in [4.78, 5) is 14.6. The first-order valence-corrected chi connectivity index (χ1v) is 7.25. The fourth-order valence-electron chi connectivity index (χ4n) is 3.39. The van der Waals surface area contributed by atoms with Crippen molar-refractivity contribution in [3.8, 4) is 0 Å². The molecule has 0 radical (unpaired) electrons. The van der Waals surface area contributed by atoms with Crippen LogP contribution in [0.4, 0.5) is 0 Å². The molecule has 17 heavy (non-hydrogen) atoms. The quantitative estimate of drug-likeness (QED) is 0.816. The number of rotatable bonds is 4. The first-order chi connectivity index (χ1) is 8.17. The van der Waals surface area contributed by atoms with Crippen molar-refractivity contribution in [2.75, 3.05) is 0 Å². The van der Waals surface area contributed by atoms with Crippen molar-refractivity contribution in [2.45, 2.75) is 77.5 Å². The molecular weight excluding hydrogens is 212 g/mol. The minimum atomic E-state index is 0.0841. The van der Waals surface area contributed by atoms with Crippen molar-refractivity contribution >= 4 is 5.91 Å². The van der Waals surface area contributed by atoms with Gasteiger partial charge in [-0.1, -0.05) is 27.2 Å². The van der Waals surface area contributed by atoms with E-state index in [1.807, 2.05) is 0 Å². The second-order valence-corrected chi connectivity index (χ2v) is 5.75. The SMILES string of the molecule is CCCC1NC(CC)N(C2CCC(C)C2)C1=O. The maximum atomic E-state index is 12.4. The molecule has 4 unspecified atom stereocenters. The van der Waals surface area contributed by atoms with Gasteiger partial charge in [0, 0.05) is 6.04 Å². The Bertz CT molecular complexity index is 279. The van der Waals surface area contributed by atoms with E-state index in [-0.39, 0.29) is 12.2 Å². The van der Waals surface area contributed by atoms with Gasteiger partial charge in [0.1, 0.15) is 0 Å². The third-order valence-corrected chi connectivity index (χ3v) is 4.31. The highest BCUT2D eigenvalue weighted by atomic mass is 16.2. The van der Waals surface area contributed by atoms with Crippen molar-refractivity contribution in [1.82, 2.24) is 10.2 Å². The maximum Gasteiger partial charge on any atom is 0.241 e. The third kappa shape index (κ3) is 2.49. The fourth-order valence-corrected chi connectivity index (χ4v) is 3.39. The highest BCUT2D eigenvalue weighted by Gasteiger charge is 2.42. The van der Waals surface area contributed by atoms with E-state index in [9.17, 15) is 4.79 Å².